The number of para-hydroxylation sites is 1. The predicted molar refractivity (Wildman–Crippen MR) is 171 cm³/mol. The largest absolute Gasteiger partial charge is 0.458 e. The number of carbonyl (C=O) groups is 1. The molecule has 2 N–H and O–H groups in total. The van der Waals surface area contributed by atoms with Crippen LogP contribution in [0.15, 0.2) is 82.5 Å². The van der Waals surface area contributed by atoms with Crippen molar-refractivity contribution in [3.8, 4) is 23.2 Å². The molecule has 0 spiro atoms. The monoisotopic (exact) mass is 630 g/mol. The van der Waals surface area contributed by atoms with Crippen molar-refractivity contribution < 1.29 is 23.1 Å². The number of aliphatic hydroxyl groups is 1. The summed E-state index contributed by atoms with van der Waals surface area (Å²) in [6.45, 7) is 3.71. The molecule has 11 heteroatoms. The van der Waals surface area contributed by atoms with Gasteiger partial charge in [-0.2, -0.15) is 12.8 Å². The summed E-state index contributed by atoms with van der Waals surface area (Å²) < 4.78 is 33.6. The van der Waals surface area contributed by atoms with E-state index in [1.54, 1.807) is 35.8 Å². The Morgan fingerprint density at radius 1 is 1.04 bits per heavy atom. The van der Waals surface area contributed by atoms with Gasteiger partial charge >= 0.3 is 5.97 Å². The van der Waals surface area contributed by atoms with Crippen LogP contribution < -0.4 is 15.4 Å². The first kappa shape index (κ1) is 28.1. The lowest BCUT2D eigenvalue weighted by molar-refractivity contribution is -0.172. The van der Waals surface area contributed by atoms with Gasteiger partial charge in [-0.15, -0.1) is 0 Å². The van der Waals surface area contributed by atoms with Gasteiger partial charge in [-0.25, -0.2) is 9.78 Å². The number of esters is 1. The molecular weight excluding hydrogens is 604 g/mol. The number of sulfonamides is 1. The number of aromatic nitrogens is 2. The Kier molecular flexibility index (Phi) is 5.97. The third kappa shape index (κ3) is 4.00. The van der Waals surface area contributed by atoms with E-state index in [4.69, 9.17) is 9.72 Å². The van der Waals surface area contributed by atoms with Crippen molar-refractivity contribution in [2.45, 2.75) is 43.9 Å². The fourth-order valence-corrected chi connectivity index (χ4v) is 7.66. The van der Waals surface area contributed by atoms with Crippen molar-refractivity contribution in [2.24, 2.45) is 0 Å². The van der Waals surface area contributed by atoms with Crippen molar-refractivity contribution in [3.05, 3.63) is 117 Å². The quantitative estimate of drug-likeness (QED) is 0.218. The second-order valence-corrected chi connectivity index (χ2v) is 13.4. The average Bonchev–Trinajstić information content (AvgIpc) is 3.41. The molecule has 0 saturated carbocycles. The van der Waals surface area contributed by atoms with E-state index in [0.717, 1.165) is 22.1 Å². The van der Waals surface area contributed by atoms with Gasteiger partial charge in [0, 0.05) is 27.6 Å². The number of carbonyl (C=O) groups excluding carboxylic acids is 1. The number of anilines is 2. The molecule has 1 atom stereocenters. The first-order valence-corrected chi connectivity index (χ1v) is 16.2. The number of hydrazine groups is 1. The predicted octanol–water partition coefficient (Wildman–Crippen LogP) is 4.32. The molecule has 46 heavy (non-hydrogen) atoms. The number of cyclic esters (lactones) is 1. The van der Waals surface area contributed by atoms with E-state index < -0.39 is 21.6 Å². The Morgan fingerprint density at radius 3 is 2.70 bits per heavy atom. The molecule has 0 aliphatic carbocycles. The molecule has 0 fully saturated rings. The van der Waals surface area contributed by atoms with Gasteiger partial charge in [0.05, 0.1) is 40.4 Å². The molecule has 0 saturated heterocycles. The van der Waals surface area contributed by atoms with Crippen LogP contribution in [0.4, 0.5) is 11.4 Å². The molecule has 10 nitrogen and oxygen atoms in total. The van der Waals surface area contributed by atoms with Gasteiger partial charge in [0.1, 0.15) is 11.5 Å². The van der Waals surface area contributed by atoms with Crippen LogP contribution in [0.25, 0.3) is 22.3 Å². The zero-order valence-electron chi connectivity index (χ0n) is 24.8. The molecule has 0 radical (unpaired) electrons. The van der Waals surface area contributed by atoms with Gasteiger partial charge in [0.25, 0.3) is 15.6 Å². The summed E-state index contributed by atoms with van der Waals surface area (Å²) in [7, 11) is -3.63. The van der Waals surface area contributed by atoms with Gasteiger partial charge in [-0.05, 0) is 73.5 Å². The SMILES string of the molecule is CC[C@@]1(O)C(=O)OCc2c1cc1n(c2=O)Cc2cc3cc(C#Cc4ccccc4NN4c5cc(C)ccc5S4(=O)=O)ccc3nc2-1. The van der Waals surface area contributed by atoms with E-state index in [1.165, 1.54) is 4.41 Å². The third-order valence-corrected chi connectivity index (χ3v) is 10.5. The minimum Gasteiger partial charge on any atom is -0.458 e. The second kappa shape index (κ2) is 9.78. The van der Waals surface area contributed by atoms with Crippen molar-refractivity contribution in [2.75, 3.05) is 9.84 Å². The molecule has 5 heterocycles. The first-order valence-electron chi connectivity index (χ1n) is 14.7. The molecular formula is C35H26N4O6S. The zero-order chi connectivity index (χ0) is 32.0. The standard InChI is InChI=1S/C35H26N4O6S/c1-3-35(42)26-17-30-32-24(18-38(30)33(40)25(26)19-45-34(35)41)16-23-15-21(10-12-27(23)36-32)9-11-22-6-4-5-7-28(22)37-39-29-14-20(2)8-13-31(29)46(39,43)44/h4-8,10,12-17,37,42H,3,18-19H2,1-2H3/t35-/m0/s1. The Bertz CT molecular complexity index is 2420. The summed E-state index contributed by atoms with van der Waals surface area (Å²) in [5.74, 6) is 5.60. The highest BCUT2D eigenvalue weighted by molar-refractivity contribution is 7.94. The number of nitrogens with one attached hydrogen (secondary N) is 1. The summed E-state index contributed by atoms with van der Waals surface area (Å²) in [5, 5.41) is 11.9. The van der Waals surface area contributed by atoms with E-state index >= 15 is 0 Å². The molecule has 3 aliphatic rings. The number of nitrogens with zero attached hydrogens (tertiary/aromatic N) is 3. The first-order chi connectivity index (χ1) is 22.1. The molecule has 3 aliphatic heterocycles. The zero-order valence-corrected chi connectivity index (χ0v) is 25.6. The smallest absolute Gasteiger partial charge is 0.343 e. The topological polar surface area (TPSA) is 131 Å². The van der Waals surface area contributed by atoms with Crippen LogP contribution in [0.2, 0.25) is 0 Å². The molecule has 2 aromatic heterocycles. The van der Waals surface area contributed by atoms with Crippen LogP contribution in [-0.2, 0) is 38.3 Å². The molecule has 0 amide bonds. The molecule has 8 rings (SSSR count). The summed E-state index contributed by atoms with van der Waals surface area (Å²) in [6.07, 6.45) is 0.0785. The van der Waals surface area contributed by atoms with E-state index in [9.17, 15) is 23.1 Å². The number of hydrogen-bond acceptors (Lipinski definition) is 8. The Hall–Kier alpha value is -5.44. The highest BCUT2D eigenvalue weighted by atomic mass is 32.2. The lowest BCUT2D eigenvalue weighted by atomic mass is 9.86. The number of aryl methyl sites for hydroxylation is 1. The van der Waals surface area contributed by atoms with Gasteiger partial charge in [0.15, 0.2) is 5.60 Å². The minimum atomic E-state index is -3.63. The van der Waals surface area contributed by atoms with Gasteiger partial charge in [-0.1, -0.05) is 37.0 Å². The van der Waals surface area contributed by atoms with Crippen molar-refractivity contribution in [1.29, 1.82) is 0 Å². The van der Waals surface area contributed by atoms with Gasteiger partial charge in [-0.3, -0.25) is 10.2 Å². The normalized spacial score (nSPS) is 18.3. The summed E-state index contributed by atoms with van der Waals surface area (Å²) in [6, 6.07) is 21.8. The highest BCUT2D eigenvalue weighted by Crippen LogP contribution is 2.41. The molecule has 0 bridgehead atoms. The fraction of sp³-hybridized carbons (Fsp3) is 0.171. The minimum absolute atomic E-state index is 0.0785. The maximum absolute atomic E-state index is 13.5. The number of rotatable bonds is 3. The molecule has 0 unspecified atom stereocenters. The van der Waals surface area contributed by atoms with Crippen molar-refractivity contribution in [1.82, 2.24) is 9.55 Å². The Balaban J connectivity index is 1.12. The maximum atomic E-state index is 13.5. The van der Waals surface area contributed by atoms with Crippen LogP contribution in [0.3, 0.4) is 0 Å². The van der Waals surface area contributed by atoms with Crippen LogP contribution in [-0.4, -0.2) is 29.0 Å². The summed E-state index contributed by atoms with van der Waals surface area (Å²) in [4.78, 5) is 31.0. The number of fused-ring (bicyclic) bond motifs is 6. The Morgan fingerprint density at radius 2 is 1.87 bits per heavy atom. The number of hydrogen-bond donors (Lipinski definition) is 2. The van der Waals surface area contributed by atoms with Gasteiger partial charge in [0.2, 0.25) is 0 Å². The average molecular weight is 631 g/mol. The lowest BCUT2D eigenvalue weighted by Gasteiger charge is -2.35. The van der Waals surface area contributed by atoms with E-state index in [0.29, 0.717) is 40.4 Å². The third-order valence-electron chi connectivity index (χ3n) is 8.85. The van der Waals surface area contributed by atoms with Crippen LogP contribution in [0.5, 0.6) is 0 Å². The number of pyridine rings is 2. The second-order valence-electron chi connectivity index (χ2n) is 11.7. The van der Waals surface area contributed by atoms with Gasteiger partial charge < -0.3 is 14.4 Å². The number of benzene rings is 3. The molecule has 5 aromatic rings. The highest BCUT2D eigenvalue weighted by Gasteiger charge is 2.45. The lowest BCUT2D eigenvalue weighted by Crippen LogP contribution is -2.44. The Labute approximate surface area is 263 Å². The van der Waals surface area contributed by atoms with E-state index in [2.05, 4.69) is 17.3 Å². The van der Waals surface area contributed by atoms with Crippen molar-refractivity contribution in [3.63, 3.8) is 0 Å². The van der Waals surface area contributed by atoms with E-state index in [1.807, 2.05) is 55.5 Å². The fourth-order valence-electron chi connectivity index (χ4n) is 6.32. The van der Waals surface area contributed by atoms with Crippen LogP contribution in [0, 0.1) is 18.8 Å². The van der Waals surface area contributed by atoms with Crippen LogP contribution >= 0.6 is 0 Å². The van der Waals surface area contributed by atoms with E-state index in [-0.39, 0.29) is 34.6 Å². The van der Waals surface area contributed by atoms with Crippen LogP contribution in [0.1, 0.15) is 46.7 Å². The number of ether oxygens (including phenoxy) is 1. The molecule has 228 valence electrons. The summed E-state index contributed by atoms with van der Waals surface area (Å²) >= 11 is 0. The summed E-state index contributed by atoms with van der Waals surface area (Å²) in [5.41, 5.74) is 7.57. The maximum Gasteiger partial charge on any atom is 0.343 e. The molecule has 3 aromatic carbocycles. The van der Waals surface area contributed by atoms with Crippen molar-refractivity contribution >= 4 is 38.3 Å².